The van der Waals surface area contributed by atoms with E-state index in [1.165, 1.54) is 0 Å². The highest BCUT2D eigenvalue weighted by Crippen LogP contribution is 2.13. The van der Waals surface area contributed by atoms with Crippen LogP contribution in [0, 0.1) is 0 Å². The standard InChI is InChI=1S/C13H19NO4/c1-2-14-12(13(16)17)6-7-18-11-5-3-4-10(8-11)9-15/h3-5,8,12,14-15H,2,6-7,9H2,1H3,(H,16,17). The van der Waals surface area contributed by atoms with Crippen LogP contribution in [0.1, 0.15) is 18.9 Å². The largest absolute Gasteiger partial charge is 0.494 e. The van der Waals surface area contributed by atoms with Gasteiger partial charge in [-0.3, -0.25) is 4.79 Å². The van der Waals surface area contributed by atoms with E-state index in [9.17, 15) is 4.79 Å². The molecule has 0 heterocycles. The monoisotopic (exact) mass is 253 g/mol. The number of hydrogen-bond acceptors (Lipinski definition) is 4. The minimum absolute atomic E-state index is 0.0354. The van der Waals surface area contributed by atoms with Crippen LogP contribution < -0.4 is 10.1 Å². The first kappa shape index (κ1) is 14.5. The Balaban J connectivity index is 2.42. The molecule has 18 heavy (non-hydrogen) atoms. The molecule has 0 saturated heterocycles. The average Bonchev–Trinajstić information content (AvgIpc) is 2.38. The lowest BCUT2D eigenvalue weighted by atomic mass is 10.2. The van der Waals surface area contributed by atoms with Crippen molar-refractivity contribution < 1.29 is 19.7 Å². The van der Waals surface area contributed by atoms with E-state index in [-0.39, 0.29) is 6.61 Å². The van der Waals surface area contributed by atoms with E-state index < -0.39 is 12.0 Å². The van der Waals surface area contributed by atoms with Crippen LogP contribution in [0.15, 0.2) is 24.3 Å². The van der Waals surface area contributed by atoms with Gasteiger partial charge < -0.3 is 20.3 Å². The number of aliphatic carboxylic acids is 1. The van der Waals surface area contributed by atoms with Crippen LogP contribution in [-0.2, 0) is 11.4 Å². The van der Waals surface area contributed by atoms with Crippen molar-refractivity contribution in [1.82, 2.24) is 5.32 Å². The first-order valence-electron chi connectivity index (χ1n) is 5.96. The van der Waals surface area contributed by atoms with Gasteiger partial charge in [0, 0.05) is 6.42 Å². The van der Waals surface area contributed by atoms with E-state index in [4.69, 9.17) is 14.9 Å². The van der Waals surface area contributed by atoms with Crippen LogP contribution in [-0.4, -0.2) is 35.4 Å². The van der Waals surface area contributed by atoms with E-state index in [2.05, 4.69) is 5.32 Å². The number of ether oxygens (including phenoxy) is 1. The topological polar surface area (TPSA) is 78.8 Å². The third-order valence-electron chi connectivity index (χ3n) is 2.50. The van der Waals surface area contributed by atoms with Crippen LogP contribution in [0.5, 0.6) is 5.75 Å². The molecule has 0 bridgehead atoms. The average molecular weight is 253 g/mol. The molecule has 0 aliphatic heterocycles. The maximum atomic E-state index is 10.9. The van der Waals surface area contributed by atoms with Crippen LogP contribution in [0.2, 0.25) is 0 Å². The molecular weight excluding hydrogens is 234 g/mol. The van der Waals surface area contributed by atoms with Crippen molar-refractivity contribution >= 4 is 5.97 Å². The maximum Gasteiger partial charge on any atom is 0.320 e. The SMILES string of the molecule is CCNC(CCOc1cccc(CO)c1)C(=O)O. The highest BCUT2D eigenvalue weighted by molar-refractivity contribution is 5.73. The number of carboxylic acid groups (broad SMARTS) is 1. The van der Waals surface area contributed by atoms with Gasteiger partial charge in [-0.1, -0.05) is 19.1 Å². The summed E-state index contributed by atoms with van der Waals surface area (Å²) >= 11 is 0. The second-order valence-electron chi connectivity index (χ2n) is 3.89. The second-order valence-corrected chi connectivity index (χ2v) is 3.89. The van der Waals surface area contributed by atoms with Crippen molar-refractivity contribution in [1.29, 1.82) is 0 Å². The summed E-state index contributed by atoms with van der Waals surface area (Å²) in [7, 11) is 0. The van der Waals surface area contributed by atoms with Gasteiger partial charge in [-0.2, -0.15) is 0 Å². The number of carboxylic acids is 1. The van der Waals surface area contributed by atoms with Crippen molar-refractivity contribution in [2.45, 2.75) is 26.0 Å². The first-order valence-corrected chi connectivity index (χ1v) is 5.96. The highest BCUT2D eigenvalue weighted by Gasteiger charge is 2.15. The summed E-state index contributed by atoms with van der Waals surface area (Å²) in [6, 6.07) is 6.52. The molecule has 0 saturated carbocycles. The third-order valence-corrected chi connectivity index (χ3v) is 2.50. The van der Waals surface area contributed by atoms with Crippen LogP contribution >= 0.6 is 0 Å². The van der Waals surface area contributed by atoms with Gasteiger partial charge in [0.1, 0.15) is 11.8 Å². The molecular formula is C13H19NO4. The Hall–Kier alpha value is -1.59. The quantitative estimate of drug-likeness (QED) is 0.644. The van der Waals surface area contributed by atoms with Crippen molar-refractivity contribution in [3.63, 3.8) is 0 Å². The van der Waals surface area contributed by atoms with Gasteiger partial charge in [0.2, 0.25) is 0 Å². The summed E-state index contributed by atoms with van der Waals surface area (Å²) in [5.74, 6) is -0.230. The van der Waals surface area contributed by atoms with Crippen LogP contribution in [0.25, 0.3) is 0 Å². The van der Waals surface area contributed by atoms with E-state index in [0.717, 1.165) is 5.56 Å². The molecule has 100 valence electrons. The number of aliphatic hydroxyl groups excluding tert-OH is 1. The number of likely N-dealkylation sites (N-methyl/N-ethyl adjacent to an activating group) is 1. The lowest BCUT2D eigenvalue weighted by Crippen LogP contribution is -2.37. The molecule has 0 radical (unpaired) electrons. The van der Waals surface area contributed by atoms with Crippen LogP contribution in [0.3, 0.4) is 0 Å². The van der Waals surface area contributed by atoms with Gasteiger partial charge in [0.15, 0.2) is 0 Å². The van der Waals surface area contributed by atoms with Crippen molar-refractivity contribution in [3.05, 3.63) is 29.8 Å². The summed E-state index contributed by atoms with van der Waals surface area (Å²) in [4.78, 5) is 10.9. The summed E-state index contributed by atoms with van der Waals surface area (Å²) in [5, 5.41) is 20.8. The fourth-order valence-corrected chi connectivity index (χ4v) is 1.59. The molecule has 0 amide bonds. The van der Waals surface area contributed by atoms with E-state index in [0.29, 0.717) is 25.3 Å². The summed E-state index contributed by atoms with van der Waals surface area (Å²) in [6.45, 7) is 2.75. The molecule has 0 spiro atoms. The minimum Gasteiger partial charge on any atom is -0.494 e. The lowest BCUT2D eigenvalue weighted by molar-refractivity contribution is -0.139. The molecule has 5 nitrogen and oxygen atoms in total. The Bertz CT molecular complexity index is 381. The van der Waals surface area contributed by atoms with Gasteiger partial charge in [0.25, 0.3) is 0 Å². The van der Waals surface area contributed by atoms with Gasteiger partial charge in [-0.25, -0.2) is 0 Å². The Morgan fingerprint density at radius 3 is 2.89 bits per heavy atom. The number of benzene rings is 1. The molecule has 1 aromatic rings. The number of aliphatic hydroxyl groups is 1. The van der Waals surface area contributed by atoms with Crippen molar-refractivity contribution in [2.75, 3.05) is 13.2 Å². The molecule has 5 heteroatoms. The third kappa shape index (κ3) is 4.73. The fraction of sp³-hybridized carbons (Fsp3) is 0.462. The number of nitrogens with one attached hydrogen (secondary N) is 1. The fourth-order valence-electron chi connectivity index (χ4n) is 1.59. The number of rotatable bonds is 8. The summed E-state index contributed by atoms with van der Waals surface area (Å²) in [5.41, 5.74) is 0.772. The first-order chi connectivity index (χ1) is 8.67. The van der Waals surface area contributed by atoms with E-state index in [1.54, 1.807) is 24.3 Å². The second kappa shape index (κ2) is 7.68. The van der Waals surface area contributed by atoms with Crippen molar-refractivity contribution in [3.8, 4) is 5.75 Å². The zero-order valence-electron chi connectivity index (χ0n) is 10.4. The van der Waals surface area contributed by atoms with Gasteiger partial charge >= 0.3 is 5.97 Å². The van der Waals surface area contributed by atoms with Crippen LogP contribution in [0.4, 0.5) is 0 Å². The summed E-state index contributed by atoms with van der Waals surface area (Å²) < 4.78 is 5.46. The molecule has 0 aliphatic rings. The van der Waals surface area contributed by atoms with Gasteiger partial charge in [-0.15, -0.1) is 0 Å². The van der Waals surface area contributed by atoms with E-state index >= 15 is 0 Å². The zero-order valence-corrected chi connectivity index (χ0v) is 10.4. The maximum absolute atomic E-state index is 10.9. The Labute approximate surface area is 106 Å². The predicted octanol–water partition coefficient (Wildman–Crippen LogP) is 1.01. The molecule has 0 aromatic heterocycles. The molecule has 1 atom stereocenters. The Morgan fingerprint density at radius 2 is 2.28 bits per heavy atom. The number of hydrogen-bond donors (Lipinski definition) is 3. The smallest absolute Gasteiger partial charge is 0.320 e. The lowest BCUT2D eigenvalue weighted by Gasteiger charge is -2.13. The zero-order chi connectivity index (χ0) is 13.4. The molecule has 1 unspecified atom stereocenters. The normalized spacial score (nSPS) is 12.1. The minimum atomic E-state index is -0.871. The highest BCUT2D eigenvalue weighted by atomic mass is 16.5. The van der Waals surface area contributed by atoms with Crippen molar-refractivity contribution in [2.24, 2.45) is 0 Å². The molecule has 1 aromatic carbocycles. The summed E-state index contributed by atoms with van der Waals surface area (Å²) in [6.07, 6.45) is 0.395. The Kier molecular flexibility index (Phi) is 6.18. The molecule has 1 rings (SSSR count). The van der Waals surface area contributed by atoms with E-state index in [1.807, 2.05) is 6.92 Å². The molecule has 0 aliphatic carbocycles. The predicted molar refractivity (Wildman–Crippen MR) is 67.6 cm³/mol. The molecule has 0 fully saturated rings. The van der Waals surface area contributed by atoms with Gasteiger partial charge in [0.05, 0.1) is 13.2 Å². The molecule has 3 N–H and O–H groups in total. The number of carbonyl (C=O) groups is 1. The van der Waals surface area contributed by atoms with Gasteiger partial charge in [-0.05, 0) is 24.2 Å². The Morgan fingerprint density at radius 1 is 1.50 bits per heavy atom.